The third-order valence-corrected chi connectivity index (χ3v) is 1.63. The first kappa shape index (κ1) is 11.5. The normalized spacial score (nSPS) is 10.2. The smallest absolute Gasteiger partial charge is 0.00981 e. The highest BCUT2D eigenvalue weighted by Gasteiger charge is 1.89. The molecule has 0 aliphatic rings. The van der Waals surface area contributed by atoms with Crippen LogP contribution in [0.25, 0.3) is 0 Å². The minimum Gasteiger partial charge on any atom is -0.317 e. The van der Waals surface area contributed by atoms with Crippen molar-refractivity contribution < 1.29 is 0 Å². The zero-order valence-corrected chi connectivity index (χ0v) is 8.27. The Kier molecular flexibility index (Phi) is 8.20. The van der Waals surface area contributed by atoms with Gasteiger partial charge in [0.1, 0.15) is 0 Å². The summed E-state index contributed by atoms with van der Waals surface area (Å²) in [6.45, 7) is 3.31. The van der Waals surface area contributed by atoms with Crippen LogP contribution in [0.3, 0.4) is 0 Å². The molecule has 2 heteroatoms. The van der Waals surface area contributed by atoms with Gasteiger partial charge in [-0.2, -0.15) is 0 Å². The summed E-state index contributed by atoms with van der Waals surface area (Å²) in [7, 11) is 4.19. The molecule has 0 rings (SSSR count). The van der Waals surface area contributed by atoms with E-state index >= 15 is 0 Å². The van der Waals surface area contributed by atoms with Gasteiger partial charge < -0.3 is 10.2 Å². The Morgan fingerprint density at radius 2 is 1.92 bits per heavy atom. The van der Waals surface area contributed by atoms with E-state index in [-0.39, 0.29) is 0 Å². The summed E-state index contributed by atoms with van der Waals surface area (Å²) in [5.41, 5.74) is 0. The Bertz CT molecular complexity index is 124. The summed E-state index contributed by atoms with van der Waals surface area (Å²) < 4.78 is 0. The molecule has 0 aromatic rings. The molecule has 0 aliphatic heterocycles. The van der Waals surface area contributed by atoms with Crippen molar-refractivity contribution in [2.45, 2.75) is 19.3 Å². The lowest BCUT2D eigenvalue weighted by molar-refractivity contribution is 0.394. The number of nitrogens with zero attached hydrogens (tertiary/aromatic N) is 1. The molecular formula is C10H20N2. The Hall–Kier alpha value is -0.520. The van der Waals surface area contributed by atoms with E-state index in [2.05, 4.69) is 30.2 Å². The van der Waals surface area contributed by atoms with Gasteiger partial charge >= 0.3 is 0 Å². The Morgan fingerprint density at radius 3 is 2.50 bits per heavy atom. The number of unbranched alkanes of at least 4 members (excludes halogenated alkanes) is 1. The molecule has 0 aromatic carbocycles. The highest BCUT2D eigenvalue weighted by atomic mass is 15.0. The van der Waals surface area contributed by atoms with Crippen molar-refractivity contribution >= 4 is 0 Å². The van der Waals surface area contributed by atoms with Crippen LogP contribution in [0.15, 0.2) is 0 Å². The molecule has 12 heavy (non-hydrogen) atoms. The van der Waals surface area contributed by atoms with Gasteiger partial charge in [0.15, 0.2) is 0 Å². The summed E-state index contributed by atoms with van der Waals surface area (Å²) in [6, 6.07) is 0. The second kappa shape index (κ2) is 8.58. The molecule has 0 saturated carbocycles. The van der Waals surface area contributed by atoms with E-state index in [1.807, 2.05) is 0 Å². The zero-order chi connectivity index (χ0) is 9.23. The van der Waals surface area contributed by atoms with Crippen molar-refractivity contribution in [1.82, 2.24) is 10.2 Å². The zero-order valence-electron chi connectivity index (χ0n) is 8.27. The van der Waals surface area contributed by atoms with E-state index in [4.69, 9.17) is 6.42 Å². The number of hydrogen-bond acceptors (Lipinski definition) is 2. The van der Waals surface area contributed by atoms with Gasteiger partial charge in [-0.1, -0.05) is 0 Å². The molecule has 0 heterocycles. The number of hydrogen-bond donors (Lipinski definition) is 1. The highest BCUT2D eigenvalue weighted by molar-refractivity contribution is 4.83. The van der Waals surface area contributed by atoms with Crippen LogP contribution in [0.2, 0.25) is 0 Å². The van der Waals surface area contributed by atoms with E-state index in [0.29, 0.717) is 0 Å². The maximum absolute atomic E-state index is 5.12. The molecule has 0 unspecified atom stereocenters. The third kappa shape index (κ3) is 9.48. The molecule has 2 nitrogen and oxygen atoms in total. The van der Waals surface area contributed by atoms with E-state index in [1.54, 1.807) is 0 Å². The van der Waals surface area contributed by atoms with Gasteiger partial charge in [-0.3, -0.25) is 0 Å². The lowest BCUT2D eigenvalue weighted by Crippen LogP contribution is -2.21. The molecular weight excluding hydrogens is 148 g/mol. The third-order valence-electron chi connectivity index (χ3n) is 1.63. The predicted octanol–water partition coefficient (Wildman–Crippen LogP) is 0.941. The monoisotopic (exact) mass is 168 g/mol. The summed E-state index contributed by atoms with van der Waals surface area (Å²) in [5.74, 6) is 2.63. The second-order valence-electron chi connectivity index (χ2n) is 3.21. The molecule has 1 N–H and O–H groups in total. The predicted molar refractivity (Wildman–Crippen MR) is 54.1 cm³/mol. The number of terminal acetylenes is 1. The quantitative estimate of drug-likeness (QED) is 0.449. The first-order valence-corrected chi connectivity index (χ1v) is 4.56. The van der Waals surface area contributed by atoms with Gasteiger partial charge in [0.05, 0.1) is 0 Å². The molecule has 0 radical (unpaired) electrons. The molecule has 0 bridgehead atoms. The molecule has 0 atom stereocenters. The van der Waals surface area contributed by atoms with Gasteiger partial charge in [-0.25, -0.2) is 0 Å². The number of nitrogens with one attached hydrogen (secondary N) is 1. The molecule has 70 valence electrons. The summed E-state index contributed by atoms with van der Waals surface area (Å²) >= 11 is 0. The van der Waals surface area contributed by atoms with Crippen LogP contribution in [0.5, 0.6) is 0 Å². The van der Waals surface area contributed by atoms with Crippen LogP contribution in [0, 0.1) is 12.3 Å². The minimum atomic E-state index is 0.890. The van der Waals surface area contributed by atoms with Crippen molar-refractivity contribution in [3.8, 4) is 12.3 Å². The molecule has 0 aromatic heterocycles. The van der Waals surface area contributed by atoms with Gasteiger partial charge in [0, 0.05) is 6.42 Å². The largest absolute Gasteiger partial charge is 0.317 e. The maximum Gasteiger partial charge on any atom is 0.00981 e. The minimum absolute atomic E-state index is 0.890. The molecule has 0 amide bonds. The van der Waals surface area contributed by atoms with Gasteiger partial charge in [-0.15, -0.1) is 12.3 Å². The van der Waals surface area contributed by atoms with Crippen LogP contribution in [-0.4, -0.2) is 38.6 Å². The van der Waals surface area contributed by atoms with Crippen LogP contribution in [0.4, 0.5) is 0 Å². The van der Waals surface area contributed by atoms with E-state index < -0.39 is 0 Å². The van der Waals surface area contributed by atoms with Crippen molar-refractivity contribution in [3.63, 3.8) is 0 Å². The summed E-state index contributed by atoms with van der Waals surface area (Å²) in [6.07, 6.45) is 8.32. The molecule has 0 aliphatic carbocycles. The van der Waals surface area contributed by atoms with E-state index in [0.717, 1.165) is 32.5 Å². The second-order valence-corrected chi connectivity index (χ2v) is 3.21. The fraction of sp³-hybridized carbons (Fsp3) is 0.800. The summed E-state index contributed by atoms with van der Waals surface area (Å²) in [5, 5.41) is 3.35. The lowest BCUT2D eigenvalue weighted by Gasteiger charge is -2.09. The van der Waals surface area contributed by atoms with E-state index in [9.17, 15) is 0 Å². The number of rotatable bonds is 7. The first-order valence-electron chi connectivity index (χ1n) is 4.56. The van der Waals surface area contributed by atoms with Crippen molar-refractivity contribution in [2.75, 3.05) is 33.7 Å². The first-order chi connectivity index (χ1) is 5.77. The molecule has 0 saturated heterocycles. The maximum atomic E-state index is 5.12. The standard InChI is InChI=1S/C10H20N2/c1-4-5-6-8-11-9-7-10-12(2)3/h1,11H,5-10H2,2-3H3. The van der Waals surface area contributed by atoms with Crippen LogP contribution in [0.1, 0.15) is 19.3 Å². The fourth-order valence-corrected chi connectivity index (χ4v) is 0.961. The van der Waals surface area contributed by atoms with Gasteiger partial charge in [0.2, 0.25) is 0 Å². The molecule has 0 fully saturated rings. The van der Waals surface area contributed by atoms with Crippen molar-refractivity contribution in [2.24, 2.45) is 0 Å². The topological polar surface area (TPSA) is 15.3 Å². The lowest BCUT2D eigenvalue weighted by atomic mass is 10.3. The molecule has 0 spiro atoms. The highest BCUT2D eigenvalue weighted by Crippen LogP contribution is 1.84. The van der Waals surface area contributed by atoms with Gasteiger partial charge in [0.25, 0.3) is 0 Å². The van der Waals surface area contributed by atoms with Crippen LogP contribution >= 0.6 is 0 Å². The van der Waals surface area contributed by atoms with Gasteiger partial charge in [-0.05, 0) is 46.6 Å². The van der Waals surface area contributed by atoms with Crippen LogP contribution in [-0.2, 0) is 0 Å². The Labute approximate surface area is 76.3 Å². The Morgan fingerprint density at radius 1 is 1.25 bits per heavy atom. The van der Waals surface area contributed by atoms with Crippen LogP contribution < -0.4 is 5.32 Å². The average molecular weight is 168 g/mol. The van der Waals surface area contributed by atoms with Crippen molar-refractivity contribution in [1.29, 1.82) is 0 Å². The Balaban J connectivity index is 2.87. The average Bonchev–Trinajstić information content (AvgIpc) is 2.02. The SMILES string of the molecule is C#CCCCNCCCN(C)C. The van der Waals surface area contributed by atoms with E-state index in [1.165, 1.54) is 6.42 Å². The summed E-state index contributed by atoms with van der Waals surface area (Å²) in [4.78, 5) is 2.20. The fourth-order valence-electron chi connectivity index (χ4n) is 0.961. The van der Waals surface area contributed by atoms with Crippen molar-refractivity contribution in [3.05, 3.63) is 0 Å².